The van der Waals surface area contributed by atoms with Gasteiger partial charge in [0.05, 0.1) is 13.5 Å². The molecule has 3 rings (SSSR count). The SMILES string of the molecule is COc1ccccc1CCN1CCC(CN(C)C(=O)Cc2ccccc2C)CC1. The van der Waals surface area contributed by atoms with Crippen LogP contribution in [0.5, 0.6) is 5.75 Å². The standard InChI is InChI=1S/C25H34N2O2/c1-20-8-4-5-10-23(20)18-25(28)26(2)19-21-12-15-27(16-13-21)17-14-22-9-6-7-11-24(22)29-3/h4-11,21H,12-19H2,1-3H3. The fraction of sp³-hybridized carbons (Fsp3) is 0.480. The summed E-state index contributed by atoms with van der Waals surface area (Å²) in [6.07, 6.45) is 3.84. The van der Waals surface area contributed by atoms with E-state index in [0.29, 0.717) is 12.3 Å². The topological polar surface area (TPSA) is 32.8 Å². The van der Waals surface area contributed by atoms with Crippen molar-refractivity contribution in [3.8, 4) is 5.75 Å². The summed E-state index contributed by atoms with van der Waals surface area (Å²) in [5, 5.41) is 0. The van der Waals surface area contributed by atoms with Crippen molar-refractivity contribution in [1.82, 2.24) is 9.80 Å². The number of hydrogen-bond donors (Lipinski definition) is 0. The van der Waals surface area contributed by atoms with Crippen LogP contribution in [0, 0.1) is 12.8 Å². The van der Waals surface area contributed by atoms with E-state index in [1.165, 1.54) is 11.1 Å². The summed E-state index contributed by atoms with van der Waals surface area (Å²) in [5.74, 6) is 1.80. The zero-order chi connectivity index (χ0) is 20.6. The minimum Gasteiger partial charge on any atom is -0.496 e. The molecular formula is C25H34N2O2. The Morgan fingerprint density at radius 3 is 2.41 bits per heavy atom. The minimum absolute atomic E-state index is 0.220. The molecule has 0 N–H and O–H groups in total. The molecule has 1 aliphatic rings. The van der Waals surface area contributed by atoms with Crippen LogP contribution in [-0.4, -0.2) is 56.0 Å². The first-order valence-electron chi connectivity index (χ1n) is 10.7. The third-order valence-corrected chi connectivity index (χ3v) is 6.16. The van der Waals surface area contributed by atoms with E-state index in [0.717, 1.165) is 56.8 Å². The Balaban J connectivity index is 1.41. The molecule has 2 aromatic rings. The van der Waals surface area contributed by atoms with Gasteiger partial charge in [-0.15, -0.1) is 0 Å². The van der Waals surface area contributed by atoms with Crippen molar-refractivity contribution < 1.29 is 9.53 Å². The van der Waals surface area contributed by atoms with Crippen molar-refractivity contribution in [2.45, 2.75) is 32.6 Å². The van der Waals surface area contributed by atoms with Crippen molar-refractivity contribution in [1.29, 1.82) is 0 Å². The van der Waals surface area contributed by atoms with E-state index in [-0.39, 0.29) is 5.91 Å². The van der Waals surface area contributed by atoms with Crippen LogP contribution in [-0.2, 0) is 17.6 Å². The Kier molecular flexibility index (Phi) is 7.70. The van der Waals surface area contributed by atoms with E-state index < -0.39 is 0 Å². The first kappa shape index (κ1) is 21.4. The first-order valence-corrected chi connectivity index (χ1v) is 10.7. The van der Waals surface area contributed by atoms with Gasteiger partial charge in [0.25, 0.3) is 0 Å². The van der Waals surface area contributed by atoms with Crippen molar-refractivity contribution in [2.75, 3.05) is 40.3 Å². The van der Waals surface area contributed by atoms with Gasteiger partial charge < -0.3 is 14.5 Å². The highest BCUT2D eigenvalue weighted by Crippen LogP contribution is 2.21. The molecule has 2 aromatic carbocycles. The largest absolute Gasteiger partial charge is 0.496 e. The van der Waals surface area contributed by atoms with Crippen LogP contribution in [0.25, 0.3) is 0 Å². The summed E-state index contributed by atoms with van der Waals surface area (Å²) in [7, 11) is 3.69. The molecule has 156 valence electrons. The van der Waals surface area contributed by atoms with Crippen LogP contribution in [0.3, 0.4) is 0 Å². The number of hydrogen-bond acceptors (Lipinski definition) is 3. The molecule has 4 nitrogen and oxygen atoms in total. The molecule has 0 radical (unpaired) electrons. The number of amides is 1. The quantitative estimate of drug-likeness (QED) is 0.679. The van der Waals surface area contributed by atoms with Gasteiger partial charge in [-0.25, -0.2) is 0 Å². The molecule has 0 atom stereocenters. The average Bonchev–Trinajstić information content (AvgIpc) is 2.75. The van der Waals surface area contributed by atoms with Crippen LogP contribution in [0.2, 0.25) is 0 Å². The first-order chi connectivity index (χ1) is 14.1. The molecule has 1 saturated heterocycles. The Morgan fingerprint density at radius 2 is 1.72 bits per heavy atom. The summed E-state index contributed by atoms with van der Waals surface area (Å²) in [4.78, 5) is 17.1. The Hall–Kier alpha value is -2.33. The van der Waals surface area contributed by atoms with E-state index in [2.05, 4.69) is 36.1 Å². The third kappa shape index (κ3) is 6.07. The number of ether oxygens (including phenoxy) is 1. The Labute approximate surface area is 175 Å². The van der Waals surface area contributed by atoms with Gasteiger partial charge in [-0.3, -0.25) is 4.79 Å². The van der Waals surface area contributed by atoms with Gasteiger partial charge >= 0.3 is 0 Å². The number of carbonyl (C=O) groups excluding carboxylic acids is 1. The lowest BCUT2D eigenvalue weighted by molar-refractivity contribution is -0.129. The second-order valence-corrected chi connectivity index (χ2v) is 8.22. The highest BCUT2D eigenvalue weighted by Gasteiger charge is 2.22. The number of para-hydroxylation sites is 1. The molecule has 1 fully saturated rings. The molecule has 0 spiro atoms. The average molecular weight is 395 g/mol. The second kappa shape index (κ2) is 10.4. The summed E-state index contributed by atoms with van der Waals surface area (Å²) in [6.45, 7) is 6.23. The molecular weight excluding hydrogens is 360 g/mol. The molecule has 29 heavy (non-hydrogen) atoms. The predicted molar refractivity (Wildman–Crippen MR) is 118 cm³/mol. The fourth-order valence-electron chi connectivity index (χ4n) is 4.18. The van der Waals surface area contributed by atoms with E-state index in [1.807, 2.05) is 36.2 Å². The monoisotopic (exact) mass is 394 g/mol. The van der Waals surface area contributed by atoms with E-state index in [1.54, 1.807) is 7.11 Å². The van der Waals surface area contributed by atoms with E-state index in [4.69, 9.17) is 4.74 Å². The molecule has 0 bridgehead atoms. The van der Waals surface area contributed by atoms with Gasteiger partial charge in [-0.1, -0.05) is 42.5 Å². The Morgan fingerprint density at radius 1 is 1.07 bits per heavy atom. The Bertz CT molecular complexity index is 797. The number of carbonyl (C=O) groups is 1. The normalized spacial score (nSPS) is 15.3. The number of benzene rings is 2. The molecule has 0 aromatic heterocycles. The highest BCUT2D eigenvalue weighted by atomic mass is 16.5. The maximum Gasteiger partial charge on any atom is 0.226 e. The van der Waals surface area contributed by atoms with Crippen molar-refractivity contribution in [2.24, 2.45) is 5.92 Å². The van der Waals surface area contributed by atoms with Crippen molar-refractivity contribution in [3.05, 3.63) is 65.2 Å². The van der Waals surface area contributed by atoms with Gasteiger partial charge in [0.1, 0.15) is 5.75 Å². The smallest absolute Gasteiger partial charge is 0.226 e. The number of nitrogens with zero attached hydrogens (tertiary/aromatic N) is 2. The number of methoxy groups -OCH3 is 1. The van der Waals surface area contributed by atoms with Crippen molar-refractivity contribution in [3.63, 3.8) is 0 Å². The van der Waals surface area contributed by atoms with Gasteiger partial charge in [-0.2, -0.15) is 0 Å². The number of likely N-dealkylation sites (tertiary alicyclic amines) is 1. The molecule has 1 aliphatic heterocycles. The lowest BCUT2D eigenvalue weighted by Crippen LogP contribution is -2.40. The predicted octanol–water partition coefficient (Wildman–Crippen LogP) is 3.96. The van der Waals surface area contributed by atoms with Crippen LogP contribution >= 0.6 is 0 Å². The van der Waals surface area contributed by atoms with Crippen LogP contribution in [0.15, 0.2) is 48.5 Å². The zero-order valence-electron chi connectivity index (χ0n) is 18.1. The van der Waals surface area contributed by atoms with Gasteiger partial charge in [0, 0.05) is 20.1 Å². The number of likely N-dealkylation sites (N-methyl/N-ethyl adjacent to an activating group) is 1. The fourth-order valence-corrected chi connectivity index (χ4v) is 4.18. The summed E-state index contributed by atoms with van der Waals surface area (Å²) < 4.78 is 5.46. The van der Waals surface area contributed by atoms with E-state index in [9.17, 15) is 4.79 Å². The summed E-state index contributed by atoms with van der Waals surface area (Å²) in [5.41, 5.74) is 3.60. The second-order valence-electron chi connectivity index (χ2n) is 8.22. The molecule has 0 aliphatic carbocycles. The molecule has 0 unspecified atom stereocenters. The number of aryl methyl sites for hydroxylation is 1. The van der Waals surface area contributed by atoms with Gasteiger partial charge in [-0.05, 0) is 68.0 Å². The zero-order valence-corrected chi connectivity index (χ0v) is 18.1. The molecule has 0 saturated carbocycles. The molecule has 1 heterocycles. The maximum atomic E-state index is 12.6. The van der Waals surface area contributed by atoms with Crippen LogP contribution in [0.4, 0.5) is 0 Å². The van der Waals surface area contributed by atoms with Gasteiger partial charge in [0.15, 0.2) is 0 Å². The van der Waals surface area contributed by atoms with Gasteiger partial charge in [0.2, 0.25) is 5.91 Å². The number of rotatable bonds is 8. The molecule has 1 amide bonds. The van der Waals surface area contributed by atoms with Crippen molar-refractivity contribution >= 4 is 5.91 Å². The van der Waals surface area contributed by atoms with Crippen LogP contribution < -0.4 is 4.74 Å². The highest BCUT2D eigenvalue weighted by molar-refractivity contribution is 5.78. The third-order valence-electron chi connectivity index (χ3n) is 6.16. The lowest BCUT2D eigenvalue weighted by Gasteiger charge is -2.34. The van der Waals surface area contributed by atoms with Crippen LogP contribution in [0.1, 0.15) is 29.5 Å². The lowest BCUT2D eigenvalue weighted by atomic mass is 9.95. The molecule has 4 heteroatoms. The maximum absolute atomic E-state index is 12.6. The minimum atomic E-state index is 0.220. The summed E-state index contributed by atoms with van der Waals surface area (Å²) >= 11 is 0. The number of piperidine rings is 1. The summed E-state index contributed by atoms with van der Waals surface area (Å²) in [6, 6.07) is 16.4. The van der Waals surface area contributed by atoms with E-state index >= 15 is 0 Å².